The molecule has 3 aromatic rings. The molecule has 1 aliphatic heterocycles. The van der Waals surface area contributed by atoms with Crippen molar-refractivity contribution in [2.24, 2.45) is 11.1 Å². The average Bonchev–Trinajstić information content (AvgIpc) is 3.08. The number of sulfonamides is 1. The Morgan fingerprint density at radius 1 is 1.23 bits per heavy atom. The first-order chi connectivity index (χ1) is 14.3. The van der Waals surface area contributed by atoms with E-state index in [9.17, 15) is 17.6 Å². The van der Waals surface area contributed by atoms with Gasteiger partial charge in [-0.15, -0.1) is 0 Å². The van der Waals surface area contributed by atoms with Crippen LogP contribution in [0.15, 0.2) is 47.4 Å². The molecule has 1 amide bonds. The minimum atomic E-state index is -3.92. The Labute approximate surface area is 172 Å². The fourth-order valence-corrected chi connectivity index (χ4v) is 4.18. The molecule has 4 rings (SSSR count). The molecule has 2 aromatic carbocycles. The first-order valence-corrected chi connectivity index (χ1v) is 11.0. The summed E-state index contributed by atoms with van der Waals surface area (Å²) in [5, 5.41) is 12.4. The number of rotatable bonds is 5. The smallest absolute Gasteiger partial charge is 0.274 e. The maximum atomic E-state index is 14.6. The van der Waals surface area contributed by atoms with E-state index in [1.54, 1.807) is 12.1 Å². The largest absolute Gasteiger partial charge is 0.381 e. The van der Waals surface area contributed by atoms with Gasteiger partial charge in [-0.05, 0) is 49.1 Å². The van der Waals surface area contributed by atoms with Crippen molar-refractivity contribution in [1.82, 2.24) is 9.78 Å². The highest BCUT2D eigenvalue weighted by atomic mass is 32.2. The lowest BCUT2D eigenvalue weighted by Gasteiger charge is -2.22. The van der Waals surface area contributed by atoms with Gasteiger partial charge in [-0.1, -0.05) is 12.1 Å². The summed E-state index contributed by atoms with van der Waals surface area (Å²) in [6, 6.07) is 10.1. The molecule has 3 N–H and O–H groups in total. The third kappa shape index (κ3) is 4.20. The Hall–Kier alpha value is -2.82. The molecule has 10 heteroatoms. The summed E-state index contributed by atoms with van der Waals surface area (Å²) in [6.45, 7) is 1.74. The van der Waals surface area contributed by atoms with Crippen LogP contribution in [-0.2, 0) is 21.3 Å². The van der Waals surface area contributed by atoms with Crippen LogP contribution < -0.4 is 10.5 Å². The van der Waals surface area contributed by atoms with Crippen LogP contribution in [-0.4, -0.2) is 37.3 Å². The number of carbonyl (C=O) groups excluding carboxylic acids is 1. The highest BCUT2D eigenvalue weighted by Crippen LogP contribution is 2.26. The molecule has 0 aliphatic carbocycles. The highest BCUT2D eigenvalue weighted by molar-refractivity contribution is 7.89. The Balaban J connectivity index is 1.71. The summed E-state index contributed by atoms with van der Waals surface area (Å²) in [5.41, 5.74) is 0.705. The van der Waals surface area contributed by atoms with E-state index in [1.165, 1.54) is 35.0 Å². The van der Waals surface area contributed by atoms with E-state index in [0.29, 0.717) is 25.3 Å². The lowest BCUT2D eigenvalue weighted by molar-refractivity contribution is 0.0598. The molecule has 0 saturated carbocycles. The Bertz CT molecular complexity index is 1200. The van der Waals surface area contributed by atoms with Crippen LogP contribution in [0.4, 0.5) is 10.1 Å². The predicted molar refractivity (Wildman–Crippen MR) is 109 cm³/mol. The van der Waals surface area contributed by atoms with Gasteiger partial charge in [0.1, 0.15) is 11.5 Å². The zero-order valence-electron chi connectivity index (χ0n) is 16.0. The number of benzene rings is 2. The van der Waals surface area contributed by atoms with Crippen LogP contribution >= 0.6 is 0 Å². The van der Waals surface area contributed by atoms with E-state index in [4.69, 9.17) is 9.88 Å². The van der Waals surface area contributed by atoms with Gasteiger partial charge in [0, 0.05) is 25.4 Å². The van der Waals surface area contributed by atoms with Crippen molar-refractivity contribution < 1.29 is 22.3 Å². The monoisotopic (exact) mass is 432 g/mol. The summed E-state index contributed by atoms with van der Waals surface area (Å²) in [7, 11) is -3.92. The Morgan fingerprint density at radius 2 is 1.97 bits per heavy atom. The number of carbonyl (C=O) groups is 1. The van der Waals surface area contributed by atoms with Gasteiger partial charge < -0.3 is 10.1 Å². The quantitative estimate of drug-likeness (QED) is 0.643. The lowest BCUT2D eigenvalue weighted by Crippen LogP contribution is -2.25. The molecule has 30 heavy (non-hydrogen) atoms. The van der Waals surface area contributed by atoms with Crippen molar-refractivity contribution in [3.05, 3.63) is 54.0 Å². The van der Waals surface area contributed by atoms with Crippen molar-refractivity contribution >= 4 is 32.5 Å². The van der Waals surface area contributed by atoms with Gasteiger partial charge in [0.25, 0.3) is 5.91 Å². The molecule has 1 aliphatic rings. The molecule has 0 unspecified atom stereocenters. The van der Waals surface area contributed by atoms with Crippen LogP contribution in [0.5, 0.6) is 0 Å². The summed E-state index contributed by atoms with van der Waals surface area (Å²) in [5.74, 6) is -0.872. The van der Waals surface area contributed by atoms with Gasteiger partial charge >= 0.3 is 0 Å². The zero-order valence-corrected chi connectivity index (χ0v) is 16.9. The number of amides is 1. The number of hydrogen-bond donors (Lipinski definition) is 2. The second-order valence-electron chi connectivity index (χ2n) is 7.25. The van der Waals surface area contributed by atoms with Gasteiger partial charge in [-0.2, -0.15) is 5.10 Å². The van der Waals surface area contributed by atoms with Crippen molar-refractivity contribution in [2.75, 3.05) is 18.5 Å². The summed E-state index contributed by atoms with van der Waals surface area (Å²) in [4.78, 5) is 13.0. The molecule has 0 bridgehead atoms. The van der Waals surface area contributed by atoms with Crippen LogP contribution in [0.25, 0.3) is 10.9 Å². The molecular weight excluding hydrogens is 411 g/mol. The minimum absolute atomic E-state index is 0.0931. The van der Waals surface area contributed by atoms with Crippen LogP contribution in [0.3, 0.4) is 0 Å². The molecule has 0 radical (unpaired) electrons. The molecule has 1 aromatic heterocycles. The third-order valence-electron chi connectivity index (χ3n) is 5.12. The van der Waals surface area contributed by atoms with Gasteiger partial charge in [-0.25, -0.2) is 17.9 Å². The standard InChI is InChI=1S/C20H21FN4O4S/c21-16-5-2-6-17-18(16)19(25(24-17)12-13-7-9-29-10-8-13)20(26)23-14-3-1-4-15(11-14)30(22,27)28/h1-6,11,13H,7-10,12H2,(H,23,26)(H2,22,27,28). The van der Waals surface area contributed by atoms with E-state index in [1.807, 2.05) is 0 Å². The maximum absolute atomic E-state index is 14.6. The Morgan fingerprint density at radius 3 is 2.70 bits per heavy atom. The number of nitrogens with two attached hydrogens (primary N) is 1. The summed E-state index contributed by atoms with van der Waals surface area (Å²) >= 11 is 0. The van der Waals surface area contributed by atoms with E-state index in [0.717, 1.165) is 12.8 Å². The zero-order chi connectivity index (χ0) is 21.3. The van der Waals surface area contributed by atoms with E-state index in [-0.39, 0.29) is 27.6 Å². The number of anilines is 1. The summed E-state index contributed by atoms with van der Waals surface area (Å²) < 4.78 is 44.7. The number of nitrogens with zero attached hydrogens (tertiary/aromatic N) is 2. The van der Waals surface area contributed by atoms with Gasteiger partial charge in [0.2, 0.25) is 10.0 Å². The van der Waals surface area contributed by atoms with Crippen LogP contribution in [0.1, 0.15) is 23.3 Å². The number of nitrogens with one attached hydrogen (secondary N) is 1. The first-order valence-electron chi connectivity index (χ1n) is 9.50. The SMILES string of the molecule is NS(=O)(=O)c1cccc(NC(=O)c2c3c(F)cccc3nn2CC2CCOCC2)c1. The second kappa shape index (κ2) is 8.13. The summed E-state index contributed by atoms with van der Waals surface area (Å²) in [6.07, 6.45) is 1.66. The third-order valence-corrected chi connectivity index (χ3v) is 6.03. The second-order valence-corrected chi connectivity index (χ2v) is 8.81. The van der Waals surface area contributed by atoms with E-state index < -0.39 is 21.7 Å². The number of primary sulfonamides is 1. The molecule has 0 spiro atoms. The lowest BCUT2D eigenvalue weighted by atomic mass is 10.0. The number of halogens is 1. The number of hydrogen-bond acceptors (Lipinski definition) is 5. The number of aromatic nitrogens is 2. The molecule has 0 atom stereocenters. The predicted octanol–water partition coefficient (Wildman–Crippen LogP) is 2.50. The first kappa shape index (κ1) is 20.5. The van der Waals surface area contributed by atoms with Gasteiger partial charge in [0.15, 0.2) is 0 Å². The van der Waals surface area contributed by atoms with Crippen LogP contribution in [0, 0.1) is 11.7 Å². The topological polar surface area (TPSA) is 116 Å². The highest BCUT2D eigenvalue weighted by Gasteiger charge is 2.24. The molecule has 2 heterocycles. The van der Waals surface area contributed by atoms with Crippen molar-refractivity contribution in [1.29, 1.82) is 0 Å². The van der Waals surface area contributed by atoms with Crippen molar-refractivity contribution in [3.63, 3.8) is 0 Å². The number of fused-ring (bicyclic) bond motifs is 1. The van der Waals surface area contributed by atoms with Crippen LogP contribution in [0.2, 0.25) is 0 Å². The van der Waals surface area contributed by atoms with Gasteiger partial charge in [0.05, 0.1) is 15.8 Å². The fourth-order valence-electron chi connectivity index (χ4n) is 3.62. The molecule has 1 fully saturated rings. The fraction of sp³-hybridized carbons (Fsp3) is 0.300. The van der Waals surface area contributed by atoms with Crippen molar-refractivity contribution in [3.8, 4) is 0 Å². The normalized spacial score (nSPS) is 15.4. The molecule has 158 valence electrons. The molecular formula is C20H21FN4O4S. The molecule has 1 saturated heterocycles. The van der Waals surface area contributed by atoms with E-state index >= 15 is 0 Å². The maximum Gasteiger partial charge on any atom is 0.274 e. The average molecular weight is 432 g/mol. The Kier molecular flexibility index (Phi) is 5.54. The van der Waals surface area contributed by atoms with E-state index in [2.05, 4.69) is 10.4 Å². The van der Waals surface area contributed by atoms with Crippen molar-refractivity contribution in [2.45, 2.75) is 24.3 Å². The van der Waals surface area contributed by atoms with Gasteiger partial charge in [-0.3, -0.25) is 9.48 Å². The molecule has 8 nitrogen and oxygen atoms in total. The number of ether oxygens (including phenoxy) is 1. The minimum Gasteiger partial charge on any atom is -0.381 e.